The van der Waals surface area contributed by atoms with Gasteiger partial charge >= 0.3 is 15.6 Å². The number of benzene rings is 4. The largest absolute Gasteiger partial charge is 0.534 e. The lowest BCUT2D eigenvalue weighted by Gasteiger charge is -2.33. The molecule has 44 heavy (non-hydrogen) atoms. The zero-order valence-corrected chi connectivity index (χ0v) is 25.7. The molecule has 0 spiro atoms. The summed E-state index contributed by atoms with van der Waals surface area (Å²) in [6.07, 6.45) is -0.289. The lowest BCUT2D eigenvalue weighted by molar-refractivity contribution is -0.0500. The molecule has 0 bridgehead atoms. The van der Waals surface area contributed by atoms with Gasteiger partial charge in [-0.15, -0.1) is 0 Å². The van der Waals surface area contributed by atoms with Crippen LogP contribution in [0.4, 0.5) is 13.2 Å². The van der Waals surface area contributed by atoms with Crippen LogP contribution in [0.1, 0.15) is 42.2 Å². The standard InChI is InChI=1S/C31H29ClF3NO6S2/c1-2-27(36(20-22-9-4-3-5-10-22)21-28(37)24-11-8-12-25(32)19-24)23-15-17-26(18-16-23)43(38,39)30-14-7-6-13-29(30)42-44(40,41)31(33,34)35/h3-19,27-28,37H,2,20-21H2,1H3/t27?,28-/m0/s1. The smallest absolute Gasteiger partial charge is 0.387 e. The Balaban J connectivity index is 1.65. The molecule has 1 N–H and O–H groups in total. The van der Waals surface area contributed by atoms with E-state index >= 15 is 0 Å². The fourth-order valence-corrected chi connectivity index (χ4v) is 6.88. The summed E-state index contributed by atoms with van der Waals surface area (Å²) in [5, 5.41) is 11.6. The molecule has 0 amide bonds. The van der Waals surface area contributed by atoms with Crippen LogP contribution in [-0.2, 0) is 26.5 Å². The molecule has 0 heterocycles. The number of rotatable bonds is 12. The molecule has 7 nitrogen and oxygen atoms in total. The minimum atomic E-state index is -6.10. The van der Waals surface area contributed by atoms with E-state index in [0.29, 0.717) is 23.6 Å². The van der Waals surface area contributed by atoms with Crippen LogP contribution in [0.2, 0.25) is 5.02 Å². The molecule has 0 fully saturated rings. The normalized spacial score (nSPS) is 13.9. The molecule has 234 valence electrons. The highest BCUT2D eigenvalue weighted by Crippen LogP contribution is 2.35. The second-order valence-electron chi connectivity index (χ2n) is 9.91. The molecule has 4 aromatic rings. The molecule has 0 aromatic heterocycles. The number of para-hydroxylation sites is 1. The number of nitrogens with zero attached hydrogens (tertiary/aromatic N) is 1. The monoisotopic (exact) mass is 667 g/mol. The van der Waals surface area contributed by atoms with Crippen LogP contribution in [0.5, 0.6) is 5.75 Å². The van der Waals surface area contributed by atoms with Gasteiger partial charge in [-0.25, -0.2) is 8.42 Å². The van der Waals surface area contributed by atoms with Crippen LogP contribution >= 0.6 is 11.6 Å². The third-order valence-electron chi connectivity index (χ3n) is 6.89. The van der Waals surface area contributed by atoms with Gasteiger partial charge in [-0.05, 0) is 59.5 Å². The zero-order chi connectivity index (χ0) is 32.1. The van der Waals surface area contributed by atoms with E-state index < -0.39 is 42.2 Å². The zero-order valence-electron chi connectivity index (χ0n) is 23.4. The van der Waals surface area contributed by atoms with Gasteiger partial charge in [0.15, 0.2) is 5.75 Å². The van der Waals surface area contributed by atoms with E-state index in [9.17, 15) is 35.1 Å². The van der Waals surface area contributed by atoms with Crippen molar-refractivity contribution >= 4 is 31.6 Å². The fourth-order valence-electron chi connectivity index (χ4n) is 4.77. The Morgan fingerprint density at radius 1 is 0.841 bits per heavy atom. The third kappa shape index (κ3) is 7.80. The van der Waals surface area contributed by atoms with Crippen LogP contribution in [-0.4, -0.2) is 38.9 Å². The predicted octanol–water partition coefficient (Wildman–Crippen LogP) is 7.09. The molecule has 13 heteroatoms. The lowest BCUT2D eigenvalue weighted by atomic mass is 10.00. The second-order valence-corrected chi connectivity index (χ2v) is 13.8. The van der Waals surface area contributed by atoms with Gasteiger partial charge in [-0.3, -0.25) is 4.90 Å². The van der Waals surface area contributed by atoms with Crippen molar-refractivity contribution in [1.29, 1.82) is 0 Å². The highest BCUT2D eigenvalue weighted by molar-refractivity contribution is 7.91. The summed E-state index contributed by atoms with van der Waals surface area (Å²) in [5.41, 5.74) is -3.38. The van der Waals surface area contributed by atoms with Gasteiger partial charge in [0.05, 0.1) is 11.0 Å². The summed E-state index contributed by atoms with van der Waals surface area (Å²) in [6, 6.07) is 26.3. The molecular formula is C31H29ClF3NO6S2. The highest BCUT2D eigenvalue weighted by Gasteiger charge is 2.49. The van der Waals surface area contributed by atoms with E-state index in [1.165, 1.54) is 18.2 Å². The van der Waals surface area contributed by atoms with Crippen molar-refractivity contribution in [3.05, 3.63) is 125 Å². The minimum Gasteiger partial charge on any atom is -0.387 e. The molecule has 0 aliphatic rings. The first kappa shape index (κ1) is 33.5. The molecule has 0 saturated heterocycles. The van der Waals surface area contributed by atoms with Gasteiger partial charge in [0.2, 0.25) is 9.84 Å². The average molecular weight is 668 g/mol. The van der Waals surface area contributed by atoms with Crippen LogP contribution in [0, 0.1) is 0 Å². The summed E-state index contributed by atoms with van der Waals surface area (Å²) in [4.78, 5) is 1.06. The van der Waals surface area contributed by atoms with Crippen molar-refractivity contribution in [2.24, 2.45) is 0 Å². The first-order valence-electron chi connectivity index (χ1n) is 13.4. The summed E-state index contributed by atoms with van der Waals surface area (Å²) >= 11 is 6.14. The van der Waals surface area contributed by atoms with E-state index in [1.54, 1.807) is 36.4 Å². The molecular weight excluding hydrogens is 639 g/mol. The van der Waals surface area contributed by atoms with Crippen LogP contribution in [0.3, 0.4) is 0 Å². The van der Waals surface area contributed by atoms with Crippen molar-refractivity contribution in [1.82, 2.24) is 4.90 Å². The van der Waals surface area contributed by atoms with Crippen LogP contribution < -0.4 is 4.18 Å². The average Bonchev–Trinajstić information content (AvgIpc) is 2.98. The van der Waals surface area contributed by atoms with Gasteiger partial charge < -0.3 is 9.29 Å². The van der Waals surface area contributed by atoms with Gasteiger partial charge in [0, 0.05) is 24.2 Å². The van der Waals surface area contributed by atoms with Crippen molar-refractivity contribution in [3.63, 3.8) is 0 Å². The van der Waals surface area contributed by atoms with Crippen LogP contribution in [0.25, 0.3) is 0 Å². The number of hydrogen-bond donors (Lipinski definition) is 1. The van der Waals surface area contributed by atoms with Crippen molar-refractivity contribution in [2.45, 2.75) is 47.3 Å². The van der Waals surface area contributed by atoms with E-state index in [4.69, 9.17) is 11.6 Å². The van der Waals surface area contributed by atoms with Crippen molar-refractivity contribution in [3.8, 4) is 5.75 Å². The van der Waals surface area contributed by atoms with Crippen LogP contribution in [0.15, 0.2) is 113 Å². The number of hydrogen-bond acceptors (Lipinski definition) is 7. The maximum atomic E-state index is 13.4. The molecule has 0 aliphatic heterocycles. The maximum absolute atomic E-state index is 13.4. The summed E-state index contributed by atoms with van der Waals surface area (Å²) < 4.78 is 93.0. The van der Waals surface area contributed by atoms with Gasteiger partial charge in [0.1, 0.15) is 4.90 Å². The van der Waals surface area contributed by atoms with Gasteiger partial charge in [-0.2, -0.15) is 21.6 Å². The Labute approximate surface area is 259 Å². The molecule has 0 saturated carbocycles. The number of aliphatic hydroxyl groups is 1. The van der Waals surface area contributed by atoms with E-state index in [-0.39, 0.29) is 17.5 Å². The molecule has 0 aliphatic carbocycles. The van der Waals surface area contributed by atoms with Gasteiger partial charge in [-0.1, -0.05) is 85.3 Å². The molecule has 4 aromatic carbocycles. The van der Waals surface area contributed by atoms with E-state index in [0.717, 1.165) is 29.3 Å². The lowest BCUT2D eigenvalue weighted by Crippen LogP contribution is -2.32. The summed E-state index contributed by atoms with van der Waals surface area (Å²) in [7, 11) is -10.6. The predicted molar refractivity (Wildman–Crippen MR) is 160 cm³/mol. The number of sulfone groups is 1. The van der Waals surface area contributed by atoms with E-state index in [1.807, 2.05) is 37.3 Å². The molecule has 2 atom stereocenters. The molecule has 4 rings (SSSR count). The SMILES string of the molecule is CCC(c1ccc(S(=O)(=O)c2ccccc2OS(=O)(=O)C(F)(F)F)cc1)N(Cc1ccccc1)C[C@H](O)c1cccc(Cl)c1. The first-order chi connectivity index (χ1) is 20.7. The maximum Gasteiger partial charge on any atom is 0.534 e. The highest BCUT2D eigenvalue weighted by atomic mass is 35.5. The number of alkyl halides is 3. The number of halogens is 4. The quantitative estimate of drug-likeness (QED) is 0.127. The minimum absolute atomic E-state index is 0.228. The second kappa shape index (κ2) is 13.7. The summed E-state index contributed by atoms with van der Waals surface area (Å²) in [5.74, 6) is -0.968. The Morgan fingerprint density at radius 2 is 1.48 bits per heavy atom. The van der Waals surface area contributed by atoms with Gasteiger partial charge in [0.25, 0.3) is 0 Å². The van der Waals surface area contributed by atoms with Crippen molar-refractivity contribution < 1.29 is 39.3 Å². The summed E-state index contributed by atoms with van der Waals surface area (Å²) in [6.45, 7) is 2.65. The topological polar surface area (TPSA) is 101 Å². The fraction of sp³-hybridized carbons (Fsp3) is 0.226. The van der Waals surface area contributed by atoms with E-state index in [2.05, 4.69) is 9.08 Å². The third-order valence-corrected chi connectivity index (χ3v) is 9.90. The molecule has 1 unspecified atom stereocenters. The Morgan fingerprint density at radius 3 is 2.09 bits per heavy atom. The molecule has 0 radical (unpaired) electrons. The Bertz CT molecular complexity index is 1790. The van der Waals surface area contributed by atoms with Crippen molar-refractivity contribution in [2.75, 3.05) is 6.54 Å². The number of aliphatic hydroxyl groups excluding tert-OH is 1. The Hall–Kier alpha value is -3.42. The first-order valence-corrected chi connectivity index (χ1v) is 16.7. The Kier molecular flexibility index (Phi) is 10.4.